The van der Waals surface area contributed by atoms with E-state index in [4.69, 9.17) is 5.73 Å². The third-order valence-corrected chi connectivity index (χ3v) is 2.37. The van der Waals surface area contributed by atoms with Crippen LogP contribution in [0, 0.1) is 11.8 Å². The maximum absolute atomic E-state index is 10.8. The molecule has 3 N–H and O–H groups in total. The van der Waals surface area contributed by atoms with Crippen LogP contribution < -0.4 is 11.1 Å². The van der Waals surface area contributed by atoms with Gasteiger partial charge in [0.15, 0.2) is 0 Å². The molecule has 1 aromatic carbocycles. The number of carbonyl (C=O) groups is 1. The van der Waals surface area contributed by atoms with E-state index in [1.807, 2.05) is 12.1 Å². The van der Waals surface area contributed by atoms with Crippen molar-refractivity contribution in [2.45, 2.75) is 19.8 Å². The minimum Gasteiger partial charge on any atom is -0.344 e. The van der Waals surface area contributed by atoms with Crippen LogP contribution in [-0.4, -0.2) is 19.0 Å². The fraction of sp³-hybridized carbons (Fsp3) is 0.357. The molecule has 0 spiro atoms. The summed E-state index contributed by atoms with van der Waals surface area (Å²) in [5.41, 5.74) is 7.40. The van der Waals surface area contributed by atoms with Crippen molar-refractivity contribution in [2.24, 2.45) is 5.73 Å². The minimum atomic E-state index is -0.186. The lowest BCUT2D eigenvalue weighted by atomic mass is 10.0. The predicted octanol–water partition coefficient (Wildman–Crippen LogP) is 1.24. The minimum absolute atomic E-state index is 0.00473. The molecule has 0 unspecified atom stereocenters. The Morgan fingerprint density at radius 2 is 2.00 bits per heavy atom. The highest BCUT2D eigenvalue weighted by Crippen LogP contribution is 2.13. The molecule has 0 atom stereocenters. The molecule has 0 aromatic heterocycles. The summed E-state index contributed by atoms with van der Waals surface area (Å²) in [6.07, 6.45) is 0. The SMILES string of the molecule is CC(C)c1ccc(C#CCNC(=O)CN)cc1. The van der Waals surface area contributed by atoms with Gasteiger partial charge in [-0.2, -0.15) is 0 Å². The quantitative estimate of drug-likeness (QED) is 0.767. The van der Waals surface area contributed by atoms with Gasteiger partial charge in [-0.25, -0.2) is 0 Å². The number of carbonyl (C=O) groups excluding carboxylic acids is 1. The number of rotatable bonds is 3. The van der Waals surface area contributed by atoms with Crippen molar-refractivity contribution in [1.29, 1.82) is 0 Å². The van der Waals surface area contributed by atoms with Gasteiger partial charge in [0.05, 0.1) is 13.1 Å². The van der Waals surface area contributed by atoms with E-state index in [-0.39, 0.29) is 12.5 Å². The Morgan fingerprint density at radius 1 is 1.35 bits per heavy atom. The van der Waals surface area contributed by atoms with Crippen LogP contribution in [0.15, 0.2) is 24.3 Å². The summed E-state index contributed by atoms with van der Waals surface area (Å²) in [7, 11) is 0. The normalized spacial score (nSPS) is 9.65. The van der Waals surface area contributed by atoms with Gasteiger partial charge < -0.3 is 11.1 Å². The first-order valence-corrected chi connectivity index (χ1v) is 5.69. The topological polar surface area (TPSA) is 55.1 Å². The molecule has 0 aliphatic heterocycles. The lowest BCUT2D eigenvalue weighted by molar-refractivity contribution is -0.119. The van der Waals surface area contributed by atoms with E-state index < -0.39 is 0 Å². The van der Waals surface area contributed by atoms with Crippen molar-refractivity contribution in [1.82, 2.24) is 5.32 Å². The third kappa shape index (κ3) is 4.71. The van der Waals surface area contributed by atoms with Gasteiger partial charge in [0.2, 0.25) is 5.91 Å². The van der Waals surface area contributed by atoms with E-state index >= 15 is 0 Å². The average Bonchev–Trinajstić information content (AvgIpc) is 2.34. The largest absolute Gasteiger partial charge is 0.344 e. The second-order valence-corrected chi connectivity index (χ2v) is 4.06. The molecule has 3 nitrogen and oxygen atoms in total. The molecule has 0 saturated heterocycles. The Kier molecular flexibility index (Phi) is 5.25. The highest BCUT2D eigenvalue weighted by molar-refractivity contribution is 5.77. The molecule has 0 bridgehead atoms. The molecule has 0 aliphatic carbocycles. The second kappa shape index (κ2) is 6.72. The molecule has 3 heteroatoms. The maximum atomic E-state index is 10.8. The molecular formula is C14H18N2O. The molecular weight excluding hydrogens is 212 g/mol. The van der Waals surface area contributed by atoms with Gasteiger partial charge in [0.25, 0.3) is 0 Å². The molecule has 0 heterocycles. The predicted molar refractivity (Wildman–Crippen MR) is 69.5 cm³/mol. The van der Waals surface area contributed by atoms with Crippen molar-refractivity contribution >= 4 is 5.91 Å². The first kappa shape index (κ1) is 13.3. The maximum Gasteiger partial charge on any atom is 0.234 e. The zero-order valence-corrected chi connectivity index (χ0v) is 10.3. The van der Waals surface area contributed by atoms with Crippen LogP contribution >= 0.6 is 0 Å². The van der Waals surface area contributed by atoms with Gasteiger partial charge in [0.1, 0.15) is 0 Å². The number of nitrogens with two attached hydrogens (primary N) is 1. The summed E-state index contributed by atoms with van der Waals surface area (Å²) in [4.78, 5) is 10.8. The fourth-order valence-corrected chi connectivity index (χ4v) is 1.31. The first-order valence-electron chi connectivity index (χ1n) is 5.69. The van der Waals surface area contributed by atoms with Crippen LogP contribution in [0.2, 0.25) is 0 Å². The van der Waals surface area contributed by atoms with Crippen LogP contribution in [0.5, 0.6) is 0 Å². The van der Waals surface area contributed by atoms with Crippen LogP contribution in [0.25, 0.3) is 0 Å². The lowest BCUT2D eigenvalue weighted by Gasteiger charge is -2.03. The Morgan fingerprint density at radius 3 is 2.53 bits per heavy atom. The number of benzene rings is 1. The van der Waals surface area contributed by atoms with Crippen molar-refractivity contribution in [3.8, 4) is 11.8 Å². The van der Waals surface area contributed by atoms with E-state index in [9.17, 15) is 4.79 Å². The molecule has 90 valence electrons. The van der Waals surface area contributed by atoms with E-state index in [0.29, 0.717) is 12.5 Å². The molecule has 0 fully saturated rings. The summed E-state index contributed by atoms with van der Waals surface area (Å²) in [6.45, 7) is 4.65. The summed E-state index contributed by atoms with van der Waals surface area (Å²) >= 11 is 0. The molecule has 0 aliphatic rings. The van der Waals surface area contributed by atoms with Gasteiger partial charge in [-0.1, -0.05) is 37.8 Å². The van der Waals surface area contributed by atoms with E-state index in [1.165, 1.54) is 5.56 Å². The molecule has 1 rings (SSSR count). The van der Waals surface area contributed by atoms with E-state index in [2.05, 4.69) is 43.1 Å². The Labute approximate surface area is 102 Å². The van der Waals surface area contributed by atoms with Crippen LogP contribution in [0.4, 0.5) is 0 Å². The van der Waals surface area contributed by atoms with Crippen LogP contribution in [-0.2, 0) is 4.79 Å². The standard InChI is InChI=1S/C14H18N2O/c1-11(2)13-7-5-12(6-8-13)4-3-9-16-14(17)10-15/h5-8,11H,9-10,15H2,1-2H3,(H,16,17). The lowest BCUT2D eigenvalue weighted by Crippen LogP contribution is -2.30. The van der Waals surface area contributed by atoms with Crippen molar-refractivity contribution < 1.29 is 4.79 Å². The highest BCUT2D eigenvalue weighted by atomic mass is 16.1. The Balaban J connectivity index is 2.52. The first-order chi connectivity index (χ1) is 8.13. The van der Waals surface area contributed by atoms with Gasteiger partial charge in [-0.15, -0.1) is 0 Å². The van der Waals surface area contributed by atoms with E-state index in [0.717, 1.165) is 5.56 Å². The number of hydrogen-bond acceptors (Lipinski definition) is 2. The van der Waals surface area contributed by atoms with E-state index in [1.54, 1.807) is 0 Å². The average molecular weight is 230 g/mol. The zero-order valence-electron chi connectivity index (χ0n) is 10.3. The van der Waals surface area contributed by atoms with Crippen molar-refractivity contribution in [3.05, 3.63) is 35.4 Å². The van der Waals surface area contributed by atoms with Gasteiger partial charge >= 0.3 is 0 Å². The number of hydrogen-bond donors (Lipinski definition) is 2. The summed E-state index contributed by atoms with van der Waals surface area (Å²) in [5.74, 6) is 6.21. The van der Waals surface area contributed by atoms with Crippen molar-refractivity contribution in [2.75, 3.05) is 13.1 Å². The Hall–Kier alpha value is -1.79. The monoisotopic (exact) mass is 230 g/mol. The highest BCUT2D eigenvalue weighted by Gasteiger charge is 1.97. The fourth-order valence-electron chi connectivity index (χ4n) is 1.31. The van der Waals surface area contributed by atoms with Gasteiger partial charge in [-0.05, 0) is 23.6 Å². The van der Waals surface area contributed by atoms with Gasteiger partial charge in [-0.3, -0.25) is 4.79 Å². The van der Waals surface area contributed by atoms with Crippen LogP contribution in [0.3, 0.4) is 0 Å². The summed E-state index contributed by atoms with van der Waals surface area (Å²) < 4.78 is 0. The van der Waals surface area contributed by atoms with Gasteiger partial charge in [0, 0.05) is 5.56 Å². The Bertz CT molecular complexity index is 424. The third-order valence-electron chi connectivity index (χ3n) is 2.37. The molecule has 0 radical (unpaired) electrons. The smallest absolute Gasteiger partial charge is 0.234 e. The molecule has 1 aromatic rings. The molecule has 17 heavy (non-hydrogen) atoms. The summed E-state index contributed by atoms with van der Waals surface area (Å²) in [6, 6.07) is 8.14. The summed E-state index contributed by atoms with van der Waals surface area (Å²) in [5, 5.41) is 2.59. The molecule has 1 amide bonds. The molecule has 0 saturated carbocycles. The number of amides is 1. The zero-order chi connectivity index (χ0) is 12.7. The van der Waals surface area contributed by atoms with Crippen molar-refractivity contribution in [3.63, 3.8) is 0 Å². The second-order valence-electron chi connectivity index (χ2n) is 4.06. The number of nitrogens with one attached hydrogen (secondary N) is 1. The van der Waals surface area contributed by atoms with Crippen LogP contribution in [0.1, 0.15) is 30.9 Å².